The van der Waals surface area contributed by atoms with Crippen LogP contribution in [0.4, 0.5) is 11.5 Å². The fourth-order valence-corrected chi connectivity index (χ4v) is 1.57. The van der Waals surface area contributed by atoms with Crippen molar-refractivity contribution in [1.29, 1.82) is 0 Å². The summed E-state index contributed by atoms with van der Waals surface area (Å²) in [6, 6.07) is 1.38. The molecule has 0 spiro atoms. The number of carbonyl (C=O) groups is 1. The van der Waals surface area contributed by atoms with Crippen LogP contribution in [0.15, 0.2) is 12.3 Å². The summed E-state index contributed by atoms with van der Waals surface area (Å²) in [5.74, 6) is -0.693. The number of pyridine rings is 1. The minimum Gasteiger partial charge on any atom is -0.478 e. The van der Waals surface area contributed by atoms with Crippen LogP contribution in [0.2, 0.25) is 0 Å². The van der Waals surface area contributed by atoms with Crippen LogP contribution in [0.25, 0.3) is 0 Å². The summed E-state index contributed by atoms with van der Waals surface area (Å²) in [7, 11) is 0. The maximum atomic E-state index is 10.9. The molecule has 1 saturated heterocycles. The lowest BCUT2D eigenvalue weighted by Gasteiger charge is -2.27. The van der Waals surface area contributed by atoms with Gasteiger partial charge < -0.3 is 21.0 Å². The van der Waals surface area contributed by atoms with Crippen molar-refractivity contribution in [3.63, 3.8) is 0 Å². The monoisotopic (exact) mass is 238 g/mol. The van der Waals surface area contributed by atoms with Crippen LogP contribution in [0.1, 0.15) is 10.4 Å². The van der Waals surface area contributed by atoms with E-state index in [9.17, 15) is 4.79 Å². The van der Waals surface area contributed by atoms with Gasteiger partial charge in [-0.15, -0.1) is 0 Å². The third-order valence-corrected chi connectivity index (χ3v) is 2.50. The summed E-state index contributed by atoms with van der Waals surface area (Å²) >= 11 is 0. The average molecular weight is 238 g/mol. The SMILES string of the molecule is Nc1c(C(=O)O)ccnc1NN1CCOCC1. The van der Waals surface area contributed by atoms with Crippen LogP contribution >= 0.6 is 0 Å². The Morgan fingerprint density at radius 3 is 2.88 bits per heavy atom. The van der Waals surface area contributed by atoms with Crippen LogP contribution in [0.5, 0.6) is 0 Å². The molecule has 7 nitrogen and oxygen atoms in total. The molecule has 0 unspecified atom stereocenters. The molecule has 0 atom stereocenters. The molecule has 2 heterocycles. The zero-order valence-corrected chi connectivity index (χ0v) is 9.22. The van der Waals surface area contributed by atoms with Gasteiger partial charge in [-0.1, -0.05) is 0 Å². The Morgan fingerprint density at radius 1 is 1.53 bits per heavy atom. The molecule has 1 aromatic heterocycles. The summed E-state index contributed by atoms with van der Waals surface area (Å²) in [5.41, 5.74) is 8.93. The number of ether oxygens (including phenoxy) is 1. The number of carboxylic acid groups (broad SMARTS) is 1. The average Bonchev–Trinajstić information content (AvgIpc) is 2.33. The number of hydrogen-bond acceptors (Lipinski definition) is 6. The van der Waals surface area contributed by atoms with Crippen molar-refractivity contribution in [2.24, 2.45) is 0 Å². The third-order valence-electron chi connectivity index (χ3n) is 2.50. The minimum atomic E-state index is -1.06. The summed E-state index contributed by atoms with van der Waals surface area (Å²) in [4.78, 5) is 14.9. The number of hydrazine groups is 1. The fourth-order valence-electron chi connectivity index (χ4n) is 1.57. The molecule has 4 N–H and O–H groups in total. The normalized spacial score (nSPS) is 16.7. The number of hydrogen-bond donors (Lipinski definition) is 3. The first kappa shape index (κ1) is 11.6. The van der Waals surface area contributed by atoms with E-state index in [0.717, 1.165) is 0 Å². The highest BCUT2D eigenvalue weighted by molar-refractivity contribution is 5.96. The number of anilines is 2. The molecular formula is C10H14N4O3. The zero-order chi connectivity index (χ0) is 12.3. The van der Waals surface area contributed by atoms with Gasteiger partial charge in [0.05, 0.1) is 24.5 Å². The molecule has 1 aliphatic rings. The van der Waals surface area contributed by atoms with Gasteiger partial charge in [-0.3, -0.25) is 0 Å². The number of rotatable bonds is 3. The molecule has 0 bridgehead atoms. The zero-order valence-electron chi connectivity index (χ0n) is 9.22. The maximum Gasteiger partial charge on any atom is 0.337 e. The van der Waals surface area contributed by atoms with Crippen molar-refractivity contribution in [3.05, 3.63) is 17.8 Å². The van der Waals surface area contributed by atoms with Gasteiger partial charge in [0.25, 0.3) is 0 Å². The van der Waals surface area contributed by atoms with Gasteiger partial charge >= 0.3 is 5.97 Å². The van der Waals surface area contributed by atoms with E-state index in [4.69, 9.17) is 15.6 Å². The predicted molar refractivity (Wildman–Crippen MR) is 61.6 cm³/mol. The van der Waals surface area contributed by atoms with Gasteiger partial charge in [-0.25, -0.2) is 14.8 Å². The second-order valence-corrected chi connectivity index (χ2v) is 3.64. The van der Waals surface area contributed by atoms with E-state index in [1.165, 1.54) is 12.3 Å². The van der Waals surface area contributed by atoms with Crippen molar-refractivity contribution in [1.82, 2.24) is 9.99 Å². The second kappa shape index (κ2) is 4.98. The second-order valence-electron chi connectivity index (χ2n) is 3.64. The van der Waals surface area contributed by atoms with Gasteiger partial charge in [0, 0.05) is 19.3 Å². The quantitative estimate of drug-likeness (QED) is 0.682. The summed E-state index contributed by atoms with van der Waals surface area (Å²) in [6.45, 7) is 2.67. The van der Waals surface area contributed by atoms with Gasteiger partial charge in [0.15, 0.2) is 5.82 Å². The Morgan fingerprint density at radius 2 is 2.24 bits per heavy atom. The number of nitrogen functional groups attached to an aromatic ring is 1. The van der Waals surface area contributed by atoms with Crippen molar-refractivity contribution < 1.29 is 14.6 Å². The highest BCUT2D eigenvalue weighted by Crippen LogP contribution is 2.20. The molecule has 0 radical (unpaired) electrons. The number of aromatic carboxylic acids is 1. The largest absolute Gasteiger partial charge is 0.478 e. The van der Waals surface area contributed by atoms with E-state index in [2.05, 4.69) is 10.4 Å². The van der Waals surface area contributed by atoms with Crippen molar-refractivity contribution >= 4 is 17.5 Å². The van der Waals surface area contributed by atoms with Gasteiger partial charge in [0.1, 0.15) is 0 Å². The van der Waals surface area contributed by atoms with Crippen molar-refractivity contribution in [2.75, 3.05) is 37.5 Å². The van der Waals surface area contributed by atoms with Crippen LogP contribution in [-0.2, 0) is 4.74 Å². The van der Waals surface area contributed by atoms with E-state index in [-0.39, 0.29) is 11.3 Å². The number of morpholine rings is 1. The molecule has 2 rings (SSSR count). The predicted octanol–water partition coefficient (Wildman–Crippen LogP) is 0.0211. The summed E-state index contributed by atoms with van der Waals surface area (Å²) in [6.07, 6.45) is 1.42. The number of carboxylic acids is 1. The minimum absolute atomic E-state index is 0.0516. The van der Waals surface area contributed by atoms with Crippen molar-refractivity contribution in [3.8, 4) is 0 Å². The summed E-state index contributed by atoms with van der Waals surface area (Å²) < 4.78 is 5.20. The lowest BCUT2D eigenvalue weighted by atomic mass is 10.2. The van der Waals surface area contributed by atoms with Crippen LogP contribution in [-0.4, -0.2) is 47.4 Å². The molecule has 1 fully saturated rings. The van der Waals surface area contributed by atoms with E-state index in [1.807, 2.05) is 5.01 Å². The smallest absolute Gasteiger partial charge is 0.337 e. The van der Waals surface area contributed by atoms with Gasteiger partial charge in [-0.05, 0) is 6.07 Å². The first-order valence-corrected chi connectivity index (χ1v) is 5.25. The Kier molecular flexibility index (Phi) is 3.40. The molecule has 0 aliphatic carbocycles. The molecule has 92 valence electrons. The van der Waals surface area contributed by atoms with Gasteiger partial charge in [-0.2, -0.15) is 0 Å². The number of aromatic nitrogens is 1. The molecular weight excluding hydrogens is 224 g/mol. The standard InChI is InChI=1S/C10H14N4O3/c11-8-7(10(15)16)1-2-12-9(8)13-14-3-5-17-6-4-14/h1-2H,3-6,11H2,(H,12,13)(H,15,16). The molecule has 7 heteroatoms. The highest BCUT2D eigenvalue weighted by atomic mass is 16.5. The molecule has 0 amide bonds. The lowest BCUT2D eigenvalue weighted by molar-refractivity contribution is 0.0495. The molecule has 0 aromatic carbocycles. The maximum absolute atomic E-state index is 10.9. The van der Waals surface area contributed by atoms with Gasteiger partial charge in [0.2, 0.25) is 0 Å². The first-order valence-electron chi connectivity index (χ1n) is 5.25. The van der Waals surface area contributed by atoms with E-state index in [1.54, 1.807) is 0 Å². The van der Waals surface area contributed by atoms with E-state index >= 15 is 0 Å². The van der Waals surface area contributed by atoms with Crippen molar-refractivity contribution in [2.45, 2.75) is 0 Å². The number of nitrogens with zero attached hydrogens (tertiary/aromatic N) is 2. The fraction of sp³-hybridized carbons (Fsp3) is 0.400. The Hall–Kier alpha value is -1.86. The molecule has 1 aromatic rings. The van der Waals surface area contributed by atoms with Crippen LogP contribution in [0, 0.1) is 0 Å². The number of nitrogens with two attached hydrogens (primary N) is 1. The first-order chi connectivity index (χ1) is 8.18. The third kappa shape index (κ3) is 2.63. The van der Waals surface area contributed by atoms with Crippen LogP contribution < -0.4 is 11.2 Å². The van der Waals surface area contributed by atoms with E-state index in [0.29, 0.717) is 32.1 Å². The van der Waals surface area contributed by atoms with Crippen LogP contribution in [0.3, 0.4) is 0 Å². The Labute approximate surface area is 98.2 Å². The molecule has 17 heavy (non-hydrogen) atoms. The highest BCUT2D eigenvalue weighted by Gasteiger charge is 2.15. The Bertz CT molecular complexity index is 418. The molecule has 1 aliphatic heterocycles. The molecule has 0 saturated carbocycles. The Balaban J connectivity index is 2.15. The summed E-state index contributed by atoms with van der Waals surface area (Å²) in [5, 5.41) is 10.8. The topological polar surface area (TPSA) is 101 Å². The lowest BCUT2D eigenvalue weighted by Crippen LogP contribution is -2.40. The number of nitrogens with one attached hydrogen (secondary N) is 1. The van der Waals surface area contributed by atoms with E-state index < -0.39 is 5.97 Å².